The predicted octanol–water partition coefficient (Wildman–Crippen LogP) is 3.88. The van der Waals surface area contributed by atoms with Gasteiger partial charge in [-0.15, -0.1) is 0 Å². The normalized spacial score (nSPS) is 17.5. The molecule has 5 heteroatoms. The molecule has 1 aliphatic carbocycles. The number of benzene rings is 1. The zero-order chi connectivity index (χ0) is 13.9. The molecule has 0 spiro atoms. The Labute approximate surface area is 110 Å². The summed E-state index contributed by atoms with van der Waals surface area (Å²) >= 11 is 0. The second-order valence-corrected chi connectivity index (χ2v) is 4.90. The second kappa shape index (κ2) is 5.82. The van der Waals surface area contributed by atoms with E-state index in [2.05, 4.69) is 0 Å². The summed E-state index contributed by atoms with van der Waals surface area (Å²) in [5.41, 5.74) is 4.75. The lowest BCUT2D eigenvalue weighted by molar-refractivity contribution is -0.138. The molecule has 0 unspecified atom stereocenters. The van der Waals surface area contributed by atoms with E-state index in [1.54, 1.807) is 6.07 Å². The lowest BCUT2D eigenvalue weighted by Crippen LogP contribution is -2.20. The summed E-state index contributed by atoms with van der Waals surface area (Å²) in [4.78, 5) is 0. The summed E-state index contributed by atoms with van der Waals surface area (Å²) in [5.74, 6) is 0.288. The van der Waals surface area contributed by atoms with Crippen molar-refractivity contribution in [3.8, 4) is 5.75 Å². The SMILES string of the molecule is NCc1ccc(OC2CCCCC2)cc1C(F)(F)F. The van der Waals surface area contributed by atoms with E-state index in [-0.39, 0.29) is 24.0 Å². The fourth-order valence-corrected chi connectivity index (χ4v) is 2.45. The molecular weight excluding hydrogens is 255 g/mol. The molecule has 0 bridgehead atoms. The van der Waals surface area contributed by atoms with E-state index in [0.29, 0.717) is 0 Å². The average Bonchev–Trinajstić information content (AvgIpc) is 2.39. The van der Waals surface area contributed by atoms with Gasteiger partial charge < -0.3 is 10.5 Å². The van der Waals surface area contributed by atoms with Crippen LogP contribution in [0.1, 0.15) is 43.2 Å². The molecule has 0 heterocycles. The summed E-state index contributed by atoms with van der Waals surface area (Å²) in [6.45, 7) is -0.126. The number of rotatable bonds is 3. The van der Waals surface area contributed by atoms with Crippen LogP contribution in [-0.4, -0.2) is 6.10 Å². The summed E-state index contributed by atoms with van der Waals surface area (Å²) in [6, 6.07) is 4.05. The number of ether oxygens (including phenoxy) is 1. The van der Waals surface area contributed by atoms with Crippen molar-refractivity contribution in [2.45, 2.75) is 50.9 Å². The Morgan fingerprint density at radius 1 is 1.16 bits per heavy atom. The highest BCUT2D eigenvalue weighted by Gasteiger charge is 2.33. The molecule has 0 amide bonds. The van der Waals surface area contributed by atoms with E-state index >= 15 is 0 Å². The Balaban J connectivity index is 2.17. The zero-order valence-electron chi connectivity index (χ0n) is 10.7. The van der Waals surface area contributed by atoms with Gasteiger partial charge in [0.15, 0.2) is 0 Å². The minimum absolute atomic E-state index is 0.0403. The molecule has 2 rings (SSSR count). The van der Waals surface area contributed by atoms with Crippen molar-refractivity contribution in [3.05, 3.63) is 29.3 Å². The molecule has 2 N–H and O–H groups in total. The van der Waals surface area contributed by atoms with E-state index in [4.69, 9.17) is 10.5 Å². The first-order valence-electron chi connectivity index (χ1n) is 6.57. The second-order valence-electron chi connectivity index (χ2n) is 4.90. The Morgan fingerprint density at radius 3 is 2.42 bits per heavy atom. The van der Waals surface area contributed by atoms with Crippen LogP contribution in [0, 0.1) is 0 Å². The van der Waals surface area contributed by atoms with Crippen LogP contribution in [0.25, 0.3) is 0 Å². The van der Waals surface area contributed by atoms with Gasteiger partial charge in [-0.3, -0.25) is 0 Å². The molecule has 2 nitrogen and oxygen atoms in total. The lowest BCUT2D eigenvalue weighted by atomic mass is 9.97. The zero-order valence-corrected chi connectivity index (χ0v) is 10.7. The molecule has 1 aromatic rings. The van der Waals surface area contributed by atoms with Crippen LogP contribution in [-0.2, 0) is 12.7 Å². The number of halogens is 3. The number of hydrogen-bond donors (Lipinski definition) is 1. The van der Waals surface area contributed by atoms with E-state index < -0.39 is 11.7 Å². The third-order valence-corrected chi connectivity index (χ3v) is 3.46. The minimum atomic E-state index is -4.39. The Morgan fingerprint density at radius 2 is 1.84 bits per heavy atom. The monoisotopic (exact) mass is 273 g/mol. The third kappa shape index (κ3) is 3.62. The van der Waals surface area contributed by atoms with Gasteiger partial charge in [0.25, 0.3) is 0 Å². The first-order chi connectivity index (χ1) is 9.00. The molecule has 106 valence electrons. The van der Waals surface area contributed by atoms with E-state index in [0.717, 1.165) is 31.7 Å². The fraction of sp³-hybridized carbons (Fsp3) is 0.571. The molecule has 19 heavy (non-hydrogen) atoms. The number of nitrogens with two attached hydrogens (primary N) is 1. The highest BCUT2D eigenvalue weighted by atomic mass is 19.4. The Bertz CT molecular complexity index is 425. The van der Waals surface area contributed by atoms with Crippen LogP contribution >= 0.6 is 0 Å². The molecule has 0 aromatic heterocycles. The lowest BCUT2D eigenvalue weighted by Gasteiger charge is -2.23. The van der Waals surface area contributed by atoms with Gasteiger partial charge in [-0.2, -0.15) is 13.2 Å². The maximum atomic E-state index is 12.9. The summed E-state index contributed by atoms with van der Waals surface area (Å²) < 4.78 is 44.3. The summed E-state index contributed by atoms with van der Waals surface area (Å²) in [6.07, 6.45) is 0.828. The van der Waals surface area contributed by atoms with Crippen molar-refractivity contribution < 1.29 is 17.9 Å². The topological polar surface area (TPSA) is 35.2 Å². The third-order valence-electron chi connectivity index (χ3n) is 3.46. The van der Waals surface area contributed by atoms with Gasteiger partial charge in [0.05, 0.1) is 11.7 Å². The molecule has 1 saturated carbocycles. The molecule has 0 radical (unpaired) electrons. The van der Waals surface area contributed by atoms with Crippen LogP contribution in [0.4, 0.5) is 13.2 Å². The van der Waals surface area contributed by atoms with Crippen molar-refractivity contribution in [1.29, 1.82) is 0 Å². The maximum absolute atomic E-state index is 12.9. The van der Waals surface area contributed by atoms with Crippen LogP contribution < -0.4 is 10.5 Å². The van der Waals surface area contributed by atoms with Crippen LogP contribution in [0.15, 0.2) is 18.2 Å². The van der Waals surface area contributed by atoms with Gasteiger partial charge in [-0.25, -0.2) is 0 Å². The highest BCUT2D eigenvalue weighted by Crippen LogP contribution is 2.35. The maximum Gasteiger partial charge on any atom is 0.416 e. The van der Waals surface area contributed by atoms with Gasteiger partial charge in [-0.1, -0.05) is 12.5 Å². The molecule has 1 aromatic carbocycles. The minimum Gasteiger partial charge on any atom is -0.490 e. The number of alkyl halides is 3. The van der Waals surface area contributed by atoms with Crippen LogP contribution in [0.3, 0.4) is 0 Å². The first-order valence-corrected chi connectivity index (χ1v) is 6.57. The number of hydrogen-bond acceptors (Lipinski definition) is 2. The highest BCUT2D eigenvalue weighted by molar-refractivity contribution is 5.37. The van der Waals surface area contributed by atoms with Crippen LogP contribution in [0.5, 0.6) is 5.75 Å². The molecule has 1 aliphatic rings. The Hall–Kier alpha value is -1.23. The largest absolute Gasteiger partial charge is 0.490 e. The molecule has 0 saturated heterocycles. The summed E-state index contributed by atoms with van der Waals surface area (Å²) in [7, 11) is 0. The van der Waals surface area contributed by atoms with Crippen LogP contribution in [0.2, 0.25) is 0 Å². The van der Waals surface area contributed by atoms with Crippen molar-refractivity contribution in [2.75, 3.05) is 0 Å². The Kier molecular flexibility index (Phi) is 4.34. The standard InChI is InChI=1S/C14H18F3NO/c15-14(16,17)13-8-12(7-6-10(13)9-18)19-11-4-2-1-3-5-11/h6-8,11H,1-5,9,18H2. The van der Waals surface area contributed by atoms with E-state index in [1.807, 2.05) is 0 Å². The van der Waals surface area contributed by atoms with E-state index in [1.165, 1.54) is 12.5 Å². The predicted molar refractivity (Wildman–Crippen MR) is 66.8 cm³/mol. The van der Waals surface area contributed by atoms with Crippen molar-refractivity contribution in [2.24, 2.45) is 5.73 Å². The van der Waals surface area contributed by atoms with Gasteiger partial charge >= 0.3 is 6.18 Å². The summed E-state index contributed by atoms with van der Waals surface area (Å²) in [5, 5.41) is 0. The molecule has 0 atom stereocenters. The van der Waals surface area contributed by atoms with Crippen molar-refractivity contribution in [1.82, 2.24) is 0 Å². The van der Waals surface area contributed by atoms with Crippen molar-refractivity contribution in [3.63, 3.8) is 0 Å². The molecule has 0 aliphatic heterocycles. The van der Waals surface area contributed by atoms with E-state index in [9.17, 15) is 13.2 Å². The fourth-order valence-electron chi connectivity index (χ4n) is 2.45. The first kappa shape index (κ1) is 14.2. The van der Waals surface area contributed by atoms with Gasteiger partial charge in [-0.05, 0) is 43.4 Å². The van der Waals surface area contributed by atoms with Crippen molar-refractivity contribution >= 4 is 0 Å². The van der Waals surface area contributed by atoms with Gasteiger partial charge in [0, 0.05) is 6.54 Å². The smallest absolute Gasteiger partial charge is 0.416 e. The van der Waals surface area contributed by atoms with Gasteiger partial charge in [0.2, 0.25) is 0 Å². The quantitative estimate of drug-likeness (QED) is 0.907. The average molecular weight is 273 g/mol. The molecule has 1 fully saturated rings. The molecular formula is C14H18F3NO. The van der Waals surface area contributed by atoms with Gasteiger partial charge in [0.1, 0.15) is 5.75 Å².